The Balaban J connectivity index is 2.72. The highest BCUT2D eigenvalue weighted by Crippen LogP contribution is 2.12. The second-order valence-electron chi connectivity index (χ2n) is 2.98. The maximum absolute atomic E-state index is 13.1. The molecule has 0 bridgehead atoms. The Morgan fingerprint density at radius 2 is 2.21 bits per heavy atom. The summed E-state index contributed by atoms with van der Waals surface area (Å²) in [6.07, 6.45) is 0.674. The minimum atomic E-state index is -0.246. The lowest BCUT2D eigenvalue weighted by atomic mass is 10.1. The highest BCUT2D eigenvalue weighted by atomic mass is 19.1. The predicted molar refractivity (Wildman–Crippen MR) is 51.0 cm³/mol. The molecule has 4 heteroatoms. The van der Waals surface area contributed by atoms with Crippen LogP contribution >= 0.6 is 0 Å². The van der Waals surface area contributed by atoms with E-state index >= 15 is 0 Å². The van der Waals surface area contributed by atoms with Gasteiger partial charge in [-0.3, -0.25) is 0 Å². The normalized spacial score (nSPS) is 10.5. The number of rotatable bonds is 5. The van der Waals surface area contributed by atoms with Crippen LogP contribution in [0, 0.1) is 5.82 Å². The minimum Gasteiger partial charge on any atom is -0.380 e. The molecule has 0 aliphatic heterocycles. The summed E-state index contributed by atoms with van der Waals surface area (Å²) in [6.45, 7) is 0.710. The van der Waals surface area contributed by atoms with Crippen LogP contribution in [-0.4, -0.2) is 13.7 Å². The van der Waals surface area contributed by atoms with Gasteiger partial charge in [0, 0.05) is 12.7 Å². The molecule has 0 saturated heterocycles. The first-order chi connectivity index (χ1) is 6.77. The molecule has 0 aliphatic rings. The maximum atomic E-state index is 13.1. The first kappa shape index (κ1) is 11.1. The van der Waals surface area contributed by atoms with Crippen molar-refractivity contribution >= 4 is 0 Å². The maximum Gasteiger partial charge on any atom is 0.128 e. The molecule has 14 heavy (non-hydrogen) atoms. The Bertz CT molecular complexity index is 291. The Kier molecular flexibility index (Phi) is 4.52. The molecule has 1 aromatic carbocycles. The van der Waals surface area contributed by atoms with Crippen LogP contribution < -0.4 is 5.90 Å². The van der Waals surface area contributed by atoms with Gasteiger partial charge in [0.2, 0.25) is 0 Å². The molecule has 0 fully saturated rings. The van der Waals surface area contributed by atoms with E-state index < -0.39 is 0 Å². The van der Waals surface area contributed by atoms with E-state index in [9.17, 15) is 4.39 Å². The first-order valence-electron chi connectivity index (χ1n) is 4.36. The zero-order valence-corrected chi connectivity index (χ0v) is 8.13. The summed E-state index contributed by atoms with van der Waals surface area (Å²) in [5.74, 6) is 4.66. The van der Waals surface area contributed by atoms with Gasteiger partial charge in [-0.05, 0) is 18.1 Å². The zero-order chi connectivity index (χ0) is 10.4. The van der Waals surface area contributed by atoms with E-state index in [2.05, 4.69) is 4.84 Å². The lowest BCUT2D eigenvalue weighted by Crippen LogP contribution is -2.04. The smallest absolute Gasteiger partial charge is 0.128 e. The van der Waals surface area contributed by atoms with E-state index in [-0.39, 0.29) is 12.4 Å². The van der Waals surface area contributed by atoms with Gasteiger partial charge in [-0.25, -0.2) is 10.3 Å². The fraction of sp³-hybridized carbons (Fsp3) is 0.400. The third-order valence-corrected chi connectivity index (χ3v) is 1.92. The van der Waals surface area contributed by atoms with E-state index in [1.54, 1.807) is 12.1 Å². The molecule has 0 aliphatic carbocycles. The lowest BCUT2D eigenvalue weighted by molar-refractivity contribution is 0.141. The van der Waals surface area contributed by atoms with Crippen LogP contribution in [0.2, 0.25) is 0 Å². The zero-order valence-electron chi connectivity index (χ0n) is 8.13. The molecule has 1 rings (SSSR count). The van der Waals surface area contributed by atoms with Crippen LogP contribution in [-0.2, 0) is 22.6 Å². The Morgan fingerprint density at radius 3 is 2.86 bits per heavy atom. The van der Waals surface area contributed by atoms with Crippen LogP contribution in [0.5, 0.6) is 0 Å². The van der Waals surface area contributed by atoms with Gasteiger partial charge in [-0.15, -0.1) is 0 Å². The third-order valence-electron chi connectivity index (χ3n) is 1.92. The molecule has 0 heterocycles. The summed E-state index contributed by atoms with van der Waals surface area (Å²) < 4.78 is 18.0. The number of hydrogen-bond acceptors (Lipinski definition) is 3. The van der Waals surface area contributed by atoms with E-state index in [0.29, 0.717) is 18.6 Å². The van der Waals surface area contributed by atoms with Crippen molar-refractivity contribution in [2.75, 3.05) is 13.7 Å². The van der Waals surface area contributed by atoms with Crippen molar-refractivity contribution in [3.8, 4) is 0 Å². The topological polar surface area (TPSA) is 44.5 Å². The number of hydrogen-bond donors (Lipinski definition) is 1. The van der Waals surface area contributed by atoms with Crippen LogP contribution in [0.4, 0.5) is 4.39 Å². The van der Waals surface area contributed by atoms with E-state index in [0.717, 1.165) is 5.56 Å². The van der Waals surface area contributed by atoms with Crippen molar-refractivity contribution in [1.29, 1.82) is 0 Å². The van der Waals surface area contributed by atoms with Crippen molar-refractivity contribution in [1.82, 2.24) is 0 Å². The standard InChI is InChI=1S/C10H14FNO2/c1-13-7-9-6-8(4-5-14-12)2-3-10(9)11/h2-3,6H,4-5,7,12H2,1H3. The minimum absolute atomic E-state index is 0.246. The molecule has 3 nitrogen and oxygen atoms in total. The SMILES string of the molecule is COCc1cc(CCON)ccc1F. The van der Waals surface area contributed by atoms with Gasteiger partial charge in [-0.1, -0.05) is 12.1 Å². The Labute approximate surface area is 82.6 Å². The summed E-state index contributed by atoms with van der Waals surface area (Å²) in [7, 11) is 1.54. The molecule has 0 amide bonds. The van der Waals surface area contributed by atoms with Crippen LogP contribution in [0.1, 0.15) is 11.1 Å². The average molecular weight is 199 g/mol. The quantitative estimate of drug-likeness (QED) is 0.729. The largest absolute Gasteiger partial charge is 0.380 e. The third kappa shape index (κ3) is 3.06. The van der Waals surface area contributed by atoms with Gasteiger partial charge in [0.1, 0.15) is 5.82 Å². The van der Waals surface area contributed by atoms with Gasteiger partial charge in [0.05, 0.1) is 13.2 Å². The van der Waals surface area contributed by atoms with E-state index in [4.69, 9.17) is 10.6 Å². The molecule has 0 atom stereocenters. The van der Waals surface area contributed by atoms with Crippen LogP contribution in [0.25, 0.3) is 0 Å². The van der Waals surface area contributed by atoms with Gasteiger partial charge >= 0.3 is 0 Å². The molecule has 2 N–H and O–H groups in total. The molecular formula is C10H14FNO2. The number of methoxy groups -OCH3 is 1. The summed E-state index contributed by atoms with van der Waals surface area (Å²) in [6, 6.07) is 4.91. The van der Waals surface area contributed by atoms with Crippen LogP contribution in [0.15, 0.2) is 18.2 Å². The van der Waals surface area contributed by atoms with Crippen LogP contribution in [0.3, 0.4) is 0 Å². The first-order valence-corrected chi connectivity index (χ1v) is 4.36. The van der Waals surface area contributed by atoms with E-state index in [1.807, 2.05) is 0 Å². The summed E-state index contributed by atoms with van der Waals surface area (Å²) in [4.78, 5) is 4.45. The summed E-state index contributed by atoms with van der Waals surface area (Å²) in [5, 5.41) is 0. The summed E-state index contributed by atoms with van der Waals surface area (Å²) >= 11 is 0. The van der Waals surface area contributed by atoms with Gasteiger partial charge < -0.3 is 9.57 Å². The molecule has 78 valence electrons. The predicted octanol–water partition coefficient (Wildman–Crippen LogP) is 1.40. The number of halogens is 1. The molecule has 0 unspecified atom stereocenters. The summed E-state index contributed by atoms with van der Waals surface area (Å²) in [5.41, 5.74) is 1.55. The molecule has 0 radical (unpaired) electrons. The average Bonchev–Trinajstić information content (AvgIpc) is 2.19. The van der Waals surface area contributed by atoms with Crippen molar-refractivity contribution < 1.29 is 14.0 Å². The van der Waals surface area contributed by atoms with Gasteiger partial charge in [-0.2, -0.15) is 0 Å². The van der Waals surface area contributed by atoms with Crippen molar-refractivity contribution in [2.45, 2.75) is 13.0 Å². The second kappa shape index (κ2) is 5.70. The Morgan fingerprint density at radius 1 is 1.43 bits per heavy atom. The molecule has 0 spiro atoms. The van der Waals surface area contributed by atoms with Crippen molar-refractivity contribution in [2.24, 2.45) is 5.90 Å². The highest BCUT2D eigenvalue weighted by Gasteiger charge is 2.03. The van der Waals surface area contributed by atoms with Gasteiger partial charge in [0.25, 0.3) is 0 Å². The number of nitrogens with two attached hydrogens (primary N) is 1. The van der Waals surface area contributed by atoms with Gasteiger partial charge in [0.15, 0.2) is 0 Å². The number of ether oxygens (including phenoxy) is 1. The monoisotopic (exact) mass is 199 g/mol. The Hall–Kier alpha value is -0.970. The van der Waals surface area contributed by atoms with E-state index in [1.165, 1.54) is 13.2 Å². The highest BCUT2D eigenvalue weighted by molar-refractivity contribution is 5.24. The molecule has 0 aromatic heterocycles. The second-order valence-corrected chi connectivity index (χ2v) is 2.98. The number of benzene rings is 1. The van der Waals surface area contributed by atoms with Crippen molar-refractivity contribution in [3.05, 3.63) is 35.1 Å². The fourth-order valence-electron chi connectivity index (χ4n) is 1.23. The van der Waals surface area contributed by atoms with Crippen molar-refractivity contribution in [3.63, 3.8) is 0 Å². The molecular weight excluding hydrogens is 185 g/mol. The lowest BCUT2D eigenvalue weighted by Gasteiger charge is -2.05. The molecule has 0 saturated carbocycles. The molecule has 1 aromatic rings. The fourth-order valence-corrected chi connectivity index (χ4v) is 1.23.